The lowest BCUT2D eigenvalue weighted by molar-refractivity contribution is 0.211. The Kier molecular flexibility index (Phi) is 8.37. The van der Waals surface area contributed by atoms with Crippen molar-refractivity contribution in [1.29, 1.82) is 0 Å². The topological polar surface area (TPSA) is 61.8 Å². The number of rotatable bonds is 9. The normalized spacial score (nSPS) is 11.5. The number of nitrogens with one attached hydrogen (secondary N) is 2. The van der Waals surface area contributed by atoms with E-state index in [2.05, 4.69) is 57.1 Å². The molecule has 2 aromatic rings. The van der Waals surface area contributed by atoms with E-state index in [0.29, 0.717) is 13.2 Å². The maximum absolute atomic E-state index is 5.05. The summed E-state index contributed by atoms with van der Waals surface area (Å²) in [6, 6.07) is 8.36. The van der Waals surface area contributed by atoms with Crippen LogP contribution in [0, 0.1) is 6.92 Å². The van der Waals surface area contributed by atoms with Crippen molar-refractivity contribution in [3.05, 3.63) is 45.9 Å². The van der Waals surface area contributed by atoms with Gasteiger partial charge in [-0.25, -0.2) is 9.98 Å². The number of aliphatic imine (C=N–C) groups is 1. The van der Waals surface area contributed by atoms with Gasteiger partial charge in [-0.15, -0.1) is 11.3 Å². The van der Waals surface area contributed by atoms with E-state index in [0.717, 1.165) is 42.0 Å². The SMILES string of the molecule is CCNC(=NCc1ccc(NCCOC)cc1)N(C)Cc1csc(C)n1. The van der Waals surface area contributed by atoms with Gasteiger partial charge >= 0.3 is 0 Å². The standard InChI is InChI=1S/C19H29N5OS/c1-5-20-19(24(3)13-18-14-26-15(2)23-18)22-12-16-6-8-17(9-7-16)21-10-11-25-4/h6-9,14,21H,5,10-13H2,1-4H3,(H,20,22). The molecule has 1 aromatic carbocycles. The fraction of sp³-hybridized carbons (Fsp3) is 0.474. The van der Waals surface area contributed by atoms with E-state index >= 15 is 0 Å². The molecule has 2 N–H and O–H groups in total. The predicted molar refractivity (Wildman–Crippen MR) is 110 cm³/mol. The smallest absolute Gasteiger partial charge is 0.194 e. The van der Waals surface area contributed by atoms with E-state index < -0.39 is 0 Å². The predicted octanol–water partition coefficient (Wildman–Crippen LogP) is 3.11. The van der Waals surface area contributed by atoms with Gasteiger partial charge in [0.2, 0.25) is 0 Å². The van der Waals surface area contributed by atoms with E-state index in [9.17, 15) is 0 Å². The Hall–Kier alpha value is -2.12. The lowest BCUT2D eigenvalue weighted by atomic mass is 10.2. The fourth-order valence-electron chi connectivity index (χ4n) is 2.46. The second kappa shape index (κ2) is 10.8. The molecule has 6 nitrogen and oxygen atoms in total. The van der Waals surface area contributed by atoms with Crippen molar-refractivity contribution in [2.24, 2.45) is 4.99 Å². The number of guanidine groups is 1. The number of aromatic nitrogens is 1. The first-order chi connectivity index (χ1) is 12.6. The van der Waals surface area contributed by atoms with Crippen LogP contribution in [0.25, 0.3) is 0 Å². The third-order valence-corrected chi connectivity index (χ3v) is 4.59. The van der Waals surface area contributed by atoms with Crippen LogP contribution in [0.15, 0.2) is 34.6 Å². The van der Waals surface area contributed by atoms with Gasteiger partial charge in [-0.05, 0) is 31.5 Å². The molecule has 1 aromatic heterocycles. The number of nitrogens with zero attached hydrogens (tertiary/aromatic N) is 3. The highest BCUT2D eigenvalue weighted by atomic mass is 32.1. The second-order valence-electron chi connectivity index (χ2n) is 6.00. The molecule has 0 aliphatic heterocycles. The van der Waals surface area contributed by atoms with Gasteiger partial charge in [0.1, 0.15) is 0 Å². The van der Waals surface area contributed by atoms with Crippen molar-refractivity contribution in [2.75, 3.05) is 39.2 Å². The van der Waals surface area contributed by atoms with Crippen LogP contribution in [0.3, 0.4) is 0 Å². The maximum atomic E-state index is 5.05. The highest BCUT2D eigenvalue weighted by Gasteiger charge is 2.08. The third kappa shape index (κ3) is 6.65. The van der Waals surface area contributed by atoms with Gasteiger partial charge in [-0.1, -0.05) is 12.1 Å². The lowest BCUT2D eigenvalue weighted by Gasteiger charge is -2.21. The van der Waals surface area contributed by atoms with Crippen LogP contribution in [-0.4, -0.2) is 49.7 Å². The Morgan fingerprint density at radius 3 is 2.69 bits per heavy atom. The molecule has 0 bridgehead atoms. The van der Waals surface area contributed by atoms with Gasteiger partial charge < -0.3 is 20.3 Å². The van der Waals surface area contributed by atoms with Gasteiger partial charge in [-0.2, -0.15) is 0 Å². The van der Waals surface area contributed by atoms with Crippen LogP contribution in [0.4, 0.5) is 5.69 Å². The lowest BCUT2D eigenvalue weighted by Crippen LogP contribution is -2.38. The molecule has 0 saturated carbocycles. The van der Waals surface area contributed by atoms with Crippen molar-refractivity contribution < 1.29 is 4.74 Å². The molecule has 26 heavy (non-hydrogen) atoms. The van der Waals surface area contributed by atoms with E-state index in [4.69, 9.17) is 9.73 Å². The molecule has 1 heterocycles. The summed E-state index contributed by atoms with van der Waals surface area (Å²) in [5, 5.41) is 9.86. The van der Waals surface area contributed by atoms with Crippen LogP contribution in [0.2, 0.25) is 0 Å². The highest BCUT2D eigenvalue weighted by Crippen LogP contribution is 2.12. The third-order valence-electron chi connectivity index (χ3n) is 3.76. The number of ether oxygens (including phenoxy) is 1. The Balaban J connectivity index is 1.94. The Morgan fingerprint density at radius 2 is 2.08 bits per heavy atom. The van der Waals surface area contributed by atoms with Crippen molar-refractivity contribution in [3.63, 3.8) is 0 Å². The van der Waals surface area contributed by atoms with Crippen LogP contribution >= 0.6 is 11.3 Å². The molecule has 0 amide bonds. The minimum Gasteiger partial charge on any atom is -0.383 e. The largest absolute Gasteiger partial charge is 0.383 e. The first-order valence-electron chi connectivity index (χ1n) is 8.84. The quantitative estimate of drug-likeness (QED) is 0.401. The van der Waals surface area contributed by atoms with Crippen LogP contribution in [0.1, 0.15) is 23.2 Å². The molecule has 7 heteroatoms. The summed E-state index contributed by atoms with van der Waals surface area (Å²) in [6.45, 7) is 7.84. The Morgan fingerprint density at radius 1 is 1.31 bits per heavy atom. The highest BCUT2D eigenvalue weighted by molar-refractivity contribution is 7.09. The minimum atomic E-state index is 0.640. The summed E-state index contributed by atoms with van der Waals surface area (Å²) in [4.78, 5) is 11.4. The number of methoxy groups -OCH3 is 1. The fourth-order valence-corrected chi connectivity index (χ4v) is 3.06. The number of benzene rings is 1. The average Bonchev–Trinajstić information content (AvgIpc) is 3.04. The zero-order valence-electron chi connectivity index (χ0n) is 16.1. The number of anilines is 1. The molecule has 0 saturated heterocycles. The molecule has 2 rings (SSSR count). The molecule has 0 radical (unpaired) electrons. The van der Waals surface area contributed by atoms with Gasteiger partial charge in [0, 0.05) is 38.3 Å². The maximum Gasteiger partial charge on any atom is 0.194 e. The van der Waals surface area contributed by atoms with Crippen LogP contribution in [-0.2, 0) is 17.8 Å². The van der Waals surface area contributed by atoms with Crippen LogP contribution < -0.4 is 10.6 Å². The monoisotopic (exact) mass is 375 g/mol. The first kappa shape index (κ1) is 20.2. The van der Waals surface area contributed by atoms with Crippen molar-refractivity contribution in [1.82, 2.24) is 15.2 Å². The van der Waals surface area contributed by atoms with Gasteiger partial charge in [0.25, 0.3) is 0 Å². The van der Waals surface area contributed by atoms with E-state index in [1.807, 2.05) is 14.0 Å². The van der Waals surface area contributed by atoms with E-state index in [-0.39, 0.29) is 0 Å². The molecule has 0 spiro atoms. The molecule has 0 aliphatic carbocycles. The first-order valence-corrected chi connectivity index (χ1v) is 9.72. The summed E-state index contributed by atoms with van der Waals surface area (Å²) in [5.74, 6) is 0.889. The zero-order valence-corrected chi connectivity index (χ0v) is 16.9. The molecular formula is C19H29N5OS. The van der Waals surface area contributed by atoms with Crippen molar-refractivity contribution in [3.8, 4) is 0 Å². The second-order valence-corrected chi connectivity index (χ2v) is 7.06. The van der Waals surface area contributed by atoms with Gasteiger partial charge in [-0.3, -0.25) is 0 Å². The van der Waals surface area contributed by atoms with Gasteiger partial charge in [0.15, 0.2) is 5.96 Å². The van der Waals surface area contributed by atoms with Crippen LogP contribution in [0.5, 0.6) is 0 Å². The number of aryl methyl sites for hydroxylation is 1. The average molecular weight is 376 g/mol. The molecule has 0 atom stereocenters. The minimum absolute atomic E-state index is 0.640. The zero-order chi connectivity index (χ0) is 18.8. The summed E-state index contributed by atoms with van der Waals surface area (Å²) < 4.78 is 5.05. The molecule has 0 aliphatic rings. The number of hydrogen-bond acceptors (Lipinski definition) is 5. The summed E-state index contributed by atoms with van der Waals surface area (Å²) in [7, 11) is 3.75. The summed E-state index contributed by atoms with van der Waals surface area (Å²) in [6.07, 6.45) is 0. The summed E-state index contributed by atoms with van der Waals surface area (Å²) >= 11 is 1.68. The Bertz CT molecular complexity index is 683. The van der Waals surface area contributed by atoms with Crippen molar-refractivity contribution in [2.45, 2.75) is 26.9 Å². The molecule has 0 fully saturated rings. The summed E-state index contributed by atoms with van der Waals surface area (Å²) in [5.41, 5.74) is 3.35. The van der Waals surface area contributed by atoms with Crippen molar-refractivity contribution >= 4 is 23.0 Å². The van der Waals surface area contributed by atoms with E-state index in [1.54, 1.807) is 18.4 Å². The molecule has 0 unspecified atom stereocenters. The Labute approximate surface area is 160 Å². The molecular weight excluding hydrogens is 346 g/mol. The number of hydrogen-bond donors (Lipinski definition) is 2. The van der Waals surface area contributed by atoms with Gasteiger partial charge in [0.05, 0.1) is 30.4 Å². The van der Waals surface area contributed by atoms with E-state index in [1.165, 1.54) is 5.56 Å². The molecule has 142 valence electrons. The number of thiazole rings is 1.